The minimum atomic E-state index is -2.43. The molecule has 0 aliphatic carbocycles. The Labute approximate surface area is 98.6 Å². The first kappa shape index (κ1) is 13.8. The van der Waals surface area contributed by atoms with Gasteiger partial charge in [0.05, 0.1) is 12.3 Å². The maximum atomic E-state index is 11.7. The van der Waals surface area contributed by atoms with Crippen LogP contribution in [-0.2, 0) is 11.3 Å². The van der Waals surface area contributed by atoms with Gasteiger partial charge in [-0.3, -0.25) is 4.98 Å². The molecule has 0 spiro atoms. The summed E-state index contributed by atoms with van der Waals surface area (Å²) in [6, 6.07) is 3.29. The second kappa shape index (κ2) is 7.13. The van der Waals surface area contributed by atoms with Crippen LogP contribution in [0.2, 0.25) is 0 Å². The molecule has 17 heavy (non-hydrogen) atoms. The summed E-state index contributed by atoms with van der Waals surface area (Å²) in [6.07, 6.45) is -2.43. The monoisotopic (exact) mass is 246 g/mol. The molecule has 1 aromatic heterocycles. The molecule has 0 aliphatic heterocycles. The summed E-state index contributed by atoms with van der Waals surface area (Å²) >= 11 is 0. The minimum absolute atomic E-state index is 0.122. The minimum Gasteiger partial charge on any atom is -0.506 e. The van der Waals surface area contributed by atoms with Crippen molar-refractivity contribution < 1.29 is 18.6 Å². The van der Waals surface area contributed by atoms with E-state index in [0.717, 1.165) is 5.69 Å². The van der Waals surface area contributed by atoms with Crippen molar-refractivity contribution in [1.29, 1.82) is 0 Å². The number of aromatic nitrogens is 1. The summed E-state index contributed by atoms with van der Waals surface area (Å²) in [5, 5.41) is 12.4. The molecule has 0 saturated carbocycles. The van der Waals surface area contributed by atoms with E-state index in [1.807, 2.05) is 6.92 Å². The van der Waals surface area contributed by atoms with Crippen LogP contribution < -0.4 is 5.32 Å². The molecular formula is C11H16F2N2O2. The largest absolute Gasteiger partial charge is 0.506 e. The van der Waals surface area contributed by atoms with Gasteiger partial charge in [-0.1, -0.05) is 0 Å². The highest BCUT2D eigenvalue weighted by Crippen LogP contribution is 2.13. The first-order valence-corrected chi connectivity index (χ1v) is 5.31. The Hall–Kier alpha value is -1.27. The van der Waals surface area contributed by atoms with Gasteiger partial charge in [-0.25, -0.2) is 8.78 Å². The molecule has 0 amide bonds. The molecule has 2 N–H and O–H groups in total. The molecule has 0 aromatic carbocycles. The van der Waals surface area contributed by atoms with Crippen molar-refractivity contribution in [2.75, 3.05) is 19.8 Å². The average molecular weight is 246 g/mol. The number of alkyl halides is 2. The number of halogens is 2. The molecule has 1 heterocycles. The second-order valence-corrected chi connectivity index (χ2v) is 3.56. The molecule has 0 fully saturated rings. The zero-order chi connectivity index (χ0) is 12.7. The Morgan fingerprint density at radius 1 is 1.47 bits per heavy atom. The number of hydrogen-bond acceptors (Lipinski definition) is 4. The summed E-state index contributed by atoms with van der Waals surface area (Å²) in [7, 11) is 0. The SMILES string of the molecule is Cc1ccc(O)c(CNCCOCC(F)F)n1. The third-order valence-electron chi connectivity index (χ3n) is 2.05. The maximum absolute atomic E-state index is 11.7. The fraction of sp³-hybridized carbons (Fsp3) is 0.545. The van der Waals surface area contributed by atoms with E-state index < -0.39 is 13.0 Å². The lowest BCUT2D eigenvalue weighted by atomic mass is 10.3. The van der Waals surface area contributed by atoms with E-state index in [1.165, 1.54) is 0 Å². The molecule has 0 unspecified atom stereocenters. The molecule has 6 heteroatoms. The fourth-order valence-electron chi connectivity index (χ4n) is 1.26. The van der Waals surface area contributed by atoms with Gasteiger partial charge in [-0.15, -0.1) is 0 Å². The van der Waals surface area contributed by atoms with Crippen molar-refractivity contribution in [3.63, 3.8) is 0 Å². The first-order valence-electron chi connectivity index (χ1n) is 5.31. The number of hydrogen-bond donors (Lipinski definition) is 2. The van der Waals surface area contributed by atoms with Crippen LogP contribution in [0.4, 0.5) is 8.78 Å². The number of aryl methyl sites for hydroxylation is 1. The van der Waals surface area contributed by atoms with Crippen molar-refractivity contribution >= 4 is 0 Å². The predicted molar refractivity (Wildman–Crippen MR) is 59.2 cm³/mol. The quantitative estimate of drug-likeness (QED) is 0.715. The lowest BCUT2D eigenvalue weighted by Gasteiger charge is -2.07. The second-order valence-electron chi connectivity index (χ2n) is 3.56. The Morgan fingerprint density at radius 3 is 2.94 bits per heavy atom. The Morgan fingerprint density at radius 2 is 2.24 bits per heavy atom. The van der Waals surface area contributed by atoms with E-state index in [1.54, 1.807) is 12.1 Å². The lowest BCUT2D eigenvalue weighted by Crippen LogP contribution is -2.21. The van der Waals surface area contributed by atoms with Gasteiger partial charge in [-0.2, -0.15) is 0 Å². The normalized spacial score (nSPS) is 11.1. The van der Waals surface area contributed by atoms with Gasteiger partial charge in [-0.05, 0) is 19.1 Å². The summed E-state index contributed by atoms with van der Waals surface area (Å²) in [4.78, 5) is 4.15. The van der Waals surface area contributed by atoms with Crippen molar-refractivity contribution in [3.05, 3.63) is 23.5 Å². The van der Waals surface area contributed by atoms with Gasteiger partial charge in [0.15, 0.2) is 0 Å². The van der Waals surface area contributed by atoms with Gasteiger partial charge in [0.2, 0.25) is 0 Å². The summed E-state index contributed by atoms with van der Waals surface area (Å²) < 4.78 is 28.1. The van der Waals surface area contributed by atoms with Crippen molar-refractivity contribution in [2.24, 2.45) is 0 Å². The zero-order valence-corrected chi connectivity index (χ0v) is 9.62. The summed E-state index contributed by atoms with van der Waals surface area (Å²) in [6.45, 7) is 2.30. The van der Waals surface area contributed by atoms with Crippen LogP contribution in [0, 0.1) is 6.92 Å². The summed E-state index contributed by atoms with van der Waals surface area (Å²) in [5.74, 6) is 0.122. The molecule has 0 radical (unpaired) electrons. The van der Waals surface area contributed by atoms with Crippen LogP contribution in [0.15, 0.2) is 12.1 Å². The summed E-state index contributed by atoms with van der Waals surface area (Å²) in [5.41, 5.74) is 1.35. The highest BCUT2D eigenvalue weighted by Gasteiger charge is 2.03. The van der Waals surface area contributed by atoms with Crippen LogP contribution in [0.3, 0.4) is 0 Å². The van der Waals surface area contributed by atoms with Crippen molar-refractivity contribution in [1.82, 2.24) is 10.3 Å². The Bertz CT molecular complexity index is 348. The van der Waals surface area contributed by atoms with Gasteiger partial charge >= 0.3 is 0 Å². The standard InChI is InChI=1S/C11H16F2N2O2/c1-8-2-3-10(16)9(15-8)6-14-4-5-17-7-11(12)13/h2-3,11,14,16H,4-7H2,1H3. The first-order chi connectivity index (χ1) is 8.09. The predicted octanol–water partition coefficient (Wildman–Crippen LogP) is 1.47. The van der Waals surface area contributed by atoms with E-state index in [2.05, 4.69) is 10.3 Å². The molecular weight excluding hydrogens is 230 g/mol. The number of nitrogens with one attached hydrogen (secondary N) is 1. The molecule has 1 rings (SSSR count). The molecule has 0 aliphatic rings. The van der Waals surface area contributed by atoms with Crippen LogP contribution in [-0.4, -0.2) is 36.3 Å². The third kappa shape index (κ3) is 5.55. The number of aromatic hydroxyl groups is 1. The average Bonchev–Trinajstić information content (AvgIpc) is 2.27. The molecule has 0 saturated heterocycles. The van der Waals surface area contributed by atoms with E-state index >= 15 is 0 Å². The highest BCUT2D eigenvalue weighted by atomic mass is 19.3. The van der Waals surface area contributed by atoms with Gasteiger partial charge in [0.1, 0.15) is 12.4 Å². The van der Waals surface area contributed by atoms with E-state index in [9.17, 15) is 13.9 Å². The molecule has 1 aromatic rings. The van der Waals surface area contributed by atoms with Crippen molar-refractivity contribution in [3.8, 4) is 5.75 Å². The maximum Gasteiger partial charge on any atom is 0.261 e. The van der Waals surface area contributed by atoms with Crippen LogP contribution in [0.1, 0.15) is 11.4 Å². The Kier molecular flexibility index (Phi) is 5.79. The van der Waals surface area contributed by atoms with Crippen LogP contribution in [0.25, 0.3) is 0 Å². The topological polar surface area (TPSA) is 54.4 Å². The van der Waals surface area contributed by atoms with E-state index in [-0.39, 0.29) is 12.4 Å². The number of pyridine rings is 1. The molecule has 0 atom stereocenters. The number of ether oxygens (including phenoxy) is 1. The smallest absolute Gasteiger partial charge is 0.261 e. The van der Waals surface area contributed by atoms with Gasteiger partial charge in [0.25, 0.3) is 6.43 Å². The fourth-order valence-corrected chi connectivity index (χ4v) is 1.26. The zero-order valence-electron chi connectivity index (χ0n) is 9.62. The van der Waals surface area contributed by atoms with E-state index in [0.29, 0.717) is 18.8 Å². The van der Waals surface area contributed by atoms with Crippen LogP contribution >= 0.6 is 0 Å². The van der Waals surface area contributed by atoms with Gasteiger partial charge in [0, 0.05) is 18.8 Å². The van der Waals surface area contributed by atoms with Crippen LogP contribution in [0.5, 0.6) is 5.75 Å². The third-order valence-corrected chi connectivity index (χ3v) is 2.05. The van der Waals surface area contributed by atoms with Gasteiger partial charge < -0.3 is 15.2 Å². The molecule has 0 bridgehead atoms. The highest BCUT2D eigenvalue weighted by molar-refractivity contribution is 5.27. The molecule has 4 nitrogen and oxygen atoms in total. The van der Waals surface area contributed by atoms with E-state index in [4.69, 9.17) is 4.74 Å². The number of rotatable bonds is 7. The lowest BCUT2D eigenvalue weighted by molar-refractivity contribution is 0.0187. The number of nitrogens with zero attached hydrogens (tertiary/aromatic N) is 1. The molecule has 96 valence electrons. The Balaban J connectivity index is 2.20. The van der Waals surface area contributed by atoms with Crippen molar-refractivity contribution in [2.45, 2.75) is 19.9 Å².